The van der Waals surface area contributed by atoms with Gasteiger partial charge in [0.05, 0.1) is 4.90 Å². The van der Waals surface area contributed by atoms with Crippen LogP contribution in [0.2, 0.25) is 0 Å². The third-order valence-corrected chi connectivity index (χ3v) is 6.84. The van der Waals surface area contributed by atoms with E-state index in [1.54, 1.807) is 25.1 Å². The molecule has 6 nitrogen and oxygen atoms in total. The summed E-state index contributed by atoms with van der Waals surface area (Å²) < 4.78 is 29.1. The van der Waals surface area contributed by atoms with Gasteiger partial charge in [-0.25, -0.2) is 13.3 Å². The first-order valence-corrected chi connectivity index (χ1v) is 11.1. The lowest BCUT2D eigenvalue weighted by Gasteiger charge is -2.21. The maximum absolute atomic E-state index is 12.9. The van der Waals surface area contributed by atoms with Crippen LogP contribution in [0.15, 0.2) is 64.9 Å². The van der Waals surface area contributed by atoms with Crippen molar-refractivity contribution in [2.24, 2.45) is 0 Å². The highest BCUT2D eigenvalue weighted by Crippen LogP contribution is 2.27. The van der Waals surface area contributed by atoms with Crippen LogP contribution in [0, 0.1) is 11.5 Å². The van der Waals surface area contributed by atoms with Crippen LogP contribution in [0.1, 0.15) is 12.5 Å². The van der Waals surface area contributed by atoms with Crippen molar-refractivity contribution in [1.29, 1.82) is 5.26 Å². The molecule has 1 aromatic heterocycles. The molecule has 0 fully saturated rings. The molecule has 1 unspecified atom stereocenters. The fourth-order valence-electron chi connectivity index (χ4n) is 2.91. The van der Waals surface area contributed by atoms with Gasteiger partial charge in [0.2, 0.25) is 10.0 Å². The Morgan fingerprint density at radius 2 is 1.86 bits per heavy atom. The van der Waals surface area contributed by atoms with Gasteiger partial charge in [-0.15, -0.1) is 11.3 Å². The zero-order chi connectivity index (χ0) is 20.1. The number of thiophene rings is 1. The average Bonchev–Trinajstić information content (AvgIpc) is 3.12. The summed E-state index contributed by atoms with van der Waals surface area (Å²) in [6.45, 7) is 1.84. The molecule has 1 atom stereocenters. The number of rotatable bonds is 7. The van der Waals surface area contributed by atoms with Crippen LogP contribution in [0.5, 0.6) is 0 Å². The zero-order valence-electron chi connectivity index (χ0n) is 15.2. The average molecular weight is 414 g/mol. The fraction of sp³-hybridized carbons (Fsp3) is 0.200. The molecule has 0 saturated carbocycles. The minimum atomic E-state index is -3.91. The molecule has 0 aliphatic carbocycles. The van der Waals surface area contributed by atoms with E-state index in [1.807, 2.05) is 35.8 Å². The maximum atomic E-state index is 12.9. The number of carbonyl (C=O) groups is 1. The Labute approximate surface area is 168 Å². The maximum Gasteiger partial charge on any atom is 0.254 e. The van der Waals surface area contributed by atoms with Gasteiger partial charge in [0.25, 0.3) is 5.91 Å². The molecule has 144 valence electrons. The van der Waals surface area contributed by atoms with Crippen LogP contribution >= 0.6 is 11.3 Å². The van der Waals surface area contributed by atoms with Crippen molar-refractivity contribution in [2.45, 2.75) is 24.3 Å². The van der Waals surface area contributed by atoms with Crippen molar-refractivity contribution >= 4 is 37.4 Å². The molecule has 2 aromatic carbocycles. The summed E-state index contributed by atoms with van der Waals surface area (Å²) in [5.74, 6) is -0.570. The quantitative estimate of drug-likeness (QED) is 0.476. The van der Waals surface area contributed by atoms with Crippen molar-refractivity contribution in [3.05, 3.63) is 65.5 Å². The molecule has 3 rings (SSSR count). The van der Waals surface area contributed by atoms with E-state index in [9.17, 15) is 18.5 Å². The number of amides is 1. The molecule has 0 aliphatic rings. The van der Waals surface area contributed by atoms with Gasteiger partial charge in [0, 0.05) is 11.2 Å². The summed E-state index contributed by atoms with van der Waals surface area (Å²) in [4.78, 5) is 13.9. The number of hydrogen-bond acceptors (Lipinski definition) is 5. The van der Waals surface area contributed by atoms with Gasteiger partial charge in [-0.1, -0.05) is 36.4 Å². The van der Waals surface area contributed by atoms with Crippen molar-refractivity contribution in [2.75, 3.05) is 6.54 Å². The van der Waals surface area contributed by atoms with Gasteiger partial charge < -0.3 is 0 Å². The number of nitrogens with zero attached hydrogens (tertiary/aromatic N) is 2. The Morgan fingerprint density at radius 1 is 1.18 bits per heavy atom. The van der Waals surface area contributed by atoms with Crippen LogP contribution < -0.4 is 4.72 Å². The summed E-state index contributed by atoms with van der Waals surface area (Å²) >= 11 is 1.53. The van der Waals surface area contributed by atoms with E-state index in [4.69, 9.17) is 0 Å². The summed E-state index contributed by atoms with van der Waals surface area (Å²) in [5.41, 5.74) is 0.865. The van der Waals surface area contributed by atoms with Crippen molar-refractivity contribution < 1.29 is 13.2 Å². The Morgan fingerprint density at radius 3 is 2.54 bits per heavy atom. The van der Waals surface area contributed by atoms with Crippen molar-refractivity contribution in [3.8, 4) is 6.19 Å². The van der Waals surface area contributed by atoms with Gasteiger partial charge in [-0.2, -0.15) is 9.98 Å². The number of benzene rings is 2. The first-order valence-electron chi connectivity index (χ1n) is 8.70. The second-order valence-corrected chi connectivity index (χ2v) is 8.76. The number of likely N-dealkylation sites (N-methyl/N-ethyl adjacent to an activating group) is 1. The van der Waals surface area contributed by atoms with E-state index in [0.29, 0.717) is 0 Å². The number of nitrogens with one attached hydrogen (secondary N) is 1. The smallest absolute Gasteiger partial charge is 0.254 e. The van der Waals surface area contributed by atoms with Gasteiger partial charge in [-0.3, -0.25) is 4.79 Å². The summed E-state index contributed by atoms with van der Waals surface area (Å²) in [7, 11) is -3.91. The third kappa shape index (κ3) is 4.22. The molecule has 0 aliphatic heterocycles. The van der Waals surface area contributed by atoms with Gasteiger partial charge in [0.15, 0.2) is 6.19 Å². The molecular weight excluding hydrogens is 394 g/mol. The first-order chi connectivity index (χ1) is 13.5. The summed E-state index contributed by atoms with van der Waals surface area (Å²) in [6.07, 6.45) is 1.99. The summed E-state index contributed by atoms with van der Waals surface area (Å²) in [5, 5.41) is 12.1. The van der Waals surface area contributed by atoms with Crippen molar-refractivity contribution in [3.63, 3.8) is 0 Å². The highest BCUT2D eigenvalue weighted by atomic mass is 32.2. The molecule has 0 spiro atoms. The molecule has 1 amide bonds. The molecule has 0 saturated heterocycles. The van der Waals surface area contributed by atoms with E-state index in [-0.39, 0.29) is 17.9 Å². The van der Waals surface area contributed by atoms with Crippen LogP contribution in [0.25, 0.3) is 10.1 Å². The standard InChI is InChI=1S/C20H19N3O3S2/c1-2-23(14-21)20(24)18(22-28(25,26)16-8-4-3-5-9-16)12-15-13-27-19-11-7-6-10-17(15)19/h3-11,13,18,22H,2,12H2,1H3. The van der Waals surface area contributed by atoms with E-state index >= 15 is 0 Å². The minimum absolute atomic E-state index is 0.0722. The SMILES string of the molecule is CCN(C#N)C(=O)C(Cc1csc2ccccc12)NS(=O)(=O)c1ccccc1. The molecule has 0 radical (unpaired) electrons. The second kappa shape index (κ2) is 8.52. The second-order valence-electron chi connectivity index (χ2n) is 6.13. The highest BCUT2D eigenvalue weighted by Gasteiger charge is 2.30. The topological polar surface area (TPSA) is 90.3 Å². The Hall–Kier alpha value is -2.73. The lowest BCUT2D eigenvalue weighted by molar-refractivity contribution is -0.129. The Bertz CT molecular complexity index is 1120. The van der Waals surface area contributed by atoms with E-state index in [0.717, 1.165) is 20.5 Å². The molecule has 8 heteroatoms. The largest absolute Gasteiger partial charge is 0.272 e. The number of nitriles is 1. The molecule has 0 bridgehead atoms. The monoisotopic (exact) mass is 413 g/mol. The van der Waals surface area contributed by atoms with Gasteiger partial charge in [0.1, 0.15) is 6.04 Å². The van der Waals surface area contributed by atoms with E-state index in [1.165, 1.54) is 23.5 Å². The van der Waals surface area contributed by atoms with Crippen LogP contribution in [0.3, 0.4) is 0 Å². The zero-order valence-corrected chi connectivity index (χ0v) is 16.8. The first kappa shape index (κ1) is 20.0. The molecule has 1 N–H and O–H groups in total. The predicted octanol–water partition coefficient (Wildman–Crippen LogP) is 3.12. The lowest BCUT2D eigenvalue weighted by atomic mass is 10.0. The molecular formula is C20H19N3O3S2. The Balaban J connectivity index is 1.96. The van der Waals surface area contributed by atoms with Gasteiger partial charge in [-0.05, 0) is 47.9 Å². The number of carbonyl (C=O) groups excluding carboxylic acids is 1. The molecule has 3 aromatic rings. The highest BCUT2D eigenvalue weighted by molar-refractivity contribution is 7.89. The van der Waals surface area contributed by atoms with Crippen LogP contribution in [-0.2, 0) is 21.2 Å². The number of sulfonamides is 1. The van der Waals surface area contributed by atoms with Gasteiger partial charge >= 0.3 is 0 Å². The number of fused-ring (bicyclic) bond motifs is 1. The predicted molar refractivity (Wildman–Crippen MR) is 109 cm³/mol. The van der Waals surface area contributed by atoms with E-state index < -0.39 is 22.0 Å². The number of hydrogen-bond donors (Lipinski definition) is 1. The lowest BCUT2D eigenvalue weighted by Crippen LogP contribution is -2.48. The van der Waals surface area contributed by atoms with Crippen LogP contribution in [-0.4, -0.2) is 31.8 Å². The molecule has 28 heavy (non-hydrogen) atoms. The molecule has 1 heterocycles. The van der Waals surface area contributed by atoms with Crippen LogP contribution in [0.4, 0.5) is 0 Å². The van der Waals surface area contributed by atoms with E-state index in [2.05, 4.69) is 4.72 Å². The third-order valence-electron chi connectivity index (χ3n) is 4.34. The van der Waals surface area contributed by atoms with Crippen molar-refractivity contribution in [1.82, 2.24) is 9.62 Å². The normalized spacial score (nSPS) is 12.4. The summed E-state index contributed by atoms with van der Waals surface area (Å²) in [6, 6.07) is 14.5. The Kier molecular flexibility index (Phi) is 6.09. The fourth-order valence-corrected chi connectivity index (χ4v) is 5.09. The minimum Gasteiger partial charge on any atom is -0.272 e.